The average molecular weight is 142 g/mol. The summed E-state index contributed by atoms with van der Waals surface area (Å²) < 4.78 is 0. The van der Waals surface area contributed by atoms with E-state index in [2.05, 4.69) is 17.4 Å². The van der Waals surface area contributed by atoms with E-state index < -0.39 is 0 Å². The summed E-state index contributed by atoms with van der Waals surface area (Å²) in [6.45, 7) is 0. The first-order valence-electron chi connectivity index (χ1n) is 3.60. The molecule has 1 aliphatic rings. The molecule has 0 aromatic heterocycles. The van der Waals surface area contributed by atoms with Crippen molar-refractivity contribution in [2.45, 2.75) is 0 Å². The molecule has 11 heavy (non-hydrogen) atoms. The van der Waals surface area contributed by atoms with Crippen LogP contribution in [0.4, 0.5) is 0 Å². The van der Waals surface area contributed by atoms with E-state index in [0.717, 1.165) is 5.70 Å². The van der Waals surface area contributed by atoms with Gasteiger partial charge in [-0.05, 0) is 12.2 Å². The van der Waals surface area contributed by atoms with Gasteiger partial charge in [-0.25, -0.2) is 0 Å². The first kappa shape index (κ1) is 6.23. The highest BCUT2D eigenvalue weighted by Gasteiger charge is 2.01. The Kier molecular flexibility index (Phi) is 1.48. The van der Waals surface area contributed by atoms with E-state index in [9.17, 15) is 0 Å². The maximum Gasteiger partial charge on any atom is 0.0702 e. The third-order valence-electron chi connectivity index (χ3n) is 1.62. The van der Waals surface area contributed by atoms with Crippen LogP contribution < -0.4 is 5.32 Å². The van der Waals surface area contributed by atoms with Crippen LogP contribution in [0.5, 0.6) is 0 Å². The molecule has 0 unspecified atom stereocenters. The summed E-state index contributed by atoms with van der Waals surface area (Å²) in [5, 5.41) is 4.19. The Morgan fingerprint density at radius 3 is 2.45 bits per heavy atom. The Hall–Kier alpha value is -1.50. The molecule has 53 valence electrons. The zero-order valence-corrected chi connectivity index (χ0v) is 6.07. The Labute approximate surface area is 66.1 Å². The molecule has 0 bridgehead atoms. The van der Waals surface area contributed by atoms with E-state index in [1.54, 1.807) is 0 Å². The second kappa shape index (κ2) is 2.62. The quantitative estimate of drug-likeness (QED) is 0.570. The summed E-state index contributed by atoms with van der Waals surface area (Å²) in [7, 11) is 0. The number of allylic oxidation sites excluding steroid dienone is 2. The Morgan fingerprint density at radius 1 is 1.00 bits per heavy atom. The van der Waals surface area contributed by atoms with Gasteiger partial charge in [-0.3, -0.25) is 5.32 Å². The largest absolute Gasteiger partial charge is 0.256 e. The summed E-state index contributed by atoms with van der Waals surface area (Å²) in [5.41, 5.74) is 2.23. The van der Waals surface area contributed by atoms with Gasteiger partial charge in [0.25, 0.3) is 0 Å². The zero-order chi connectivity index (χ0) is 7.52. The van der Waals surface area contributed by atoms with Crippen LogP contribution in [0, 0.1) is 0 Å². The van der Waals surface area contributed by atoms with Crippen LogP contribution in [0.2, 0.25) is 0 Å². The lowest BCUT2D eigenvalue weighted by Crippen LogP contribution is -1.90. The van der Waals surface area contributed by atoms with Crippen LogP contribution in [-0.2, 0) is 0 Å². The predicted octanol–water partition coefficient (Wildman–Crippen LogP) is 2.16. The molecular weight excluding hydrogens is 134 g/mol. The van der Waals surface area contributed by atoms with Gasteiger partial charge in [-0.2, -0.15) is 0 Å². The van der Waals surface area contributed by atoms with Crippen molar-refractivity contribution in [1.82, 2.24) is 5.32 Å². The molecule has 1 aromatic rings. The molecule has 0 aliphatic carbocycles. The van der Waals surface area contributed by atoms with Gasteiger partial charge in [0.2, 0.25) is 0 Å². The first-order valence-corrected chi connectivity index (χ1v) is 3.60. The van der Waals surface area contributed by atoms with Crippen LogP contribution >= 0.6 is 0 Å². The van der Waals surface area contributed by atoms with Crippen molar-refractivity contribution < 1.29 is 0 Å². The summed E-state index contributed by atoms with van der Waals surface area (Å²) >= 11 is 0. The monoisotopic (exact) mass is 142 g/mol. The predicted molar refractivity (Wildman–Crippen MR) is 45.7 cm³/mol. The van der Waals surface area contributed by atoms with Crippen molar-refractivity contribution >= 4 is 5.70 Å². The summed E-state index contributed by atoms with van der Waals surface area (Å²) in [6, 6.07) is 10.2. The van der Waals surface area contributed by atoms with Crippen LogP contribution in [0.15, 0.2) is 48.7 Å². The lowest BCUT2D eigenvalue weighted by Gasteiger charge is -1.98. The van der Waals surface area contributed by atoms with E-state index in [0.29, 0.717) is 0 Å². The molecule has 1 aliphatic heterocycles. The number of hydrogen-bond donors (Lipinski definition) is 0. The molecule has 1 aromatic carbocycles. The van der Waals surface area contributed by atoms with Crippen molar-refractivity contribution in [3.8, 4) is 0 Å². The fourth-order valence-corrected chi connectivity index (χ4v) is 1.08. The van der Waals surface area contributed by atoms with Crippen molar-refractivity contribution in [1.29, 1.82) is 0 Å². The van der Waals surface area contributed by atoms with Gasteiger partial charge in [-0.15, -0.1) is 0 Å². The number of nitrogens with zero attached hydrogens (tertiary/aromatic N) is 1. The van der Waals surface area contributed by atoms with E-state index in [-0.39, 0.29) is 0 Å². The van der Waals surface area contributed by atoms with Crippen molar-refractivity contribution in [2.24, 2.45) is 0 Å². The highest BCUT2D eigenvalue weighted by Crippen LogP contribution is 2.14. The maximum atomic E-state index is 4.19. The average Bonchev–Trinajstić information content (AvgIpc) is 2.58. The molecule has 0 spiro atoms. The molecule has 1 heteroatoms. The SMILES string of the molecule is C1=C[N]C(c2ccccc2)=C1. The van der Waals surface area contributed by atoms with Gasteiger partial charge in [0.05, 0.1) is 5.70 Å². The topological polar surface area (TPSA) is 14.1 Å². The fraction of sp³-hybridized carbons (Fsp3) is 0. The second-order valence-corrected chi connectivity index (χ2v) is 2.39. The second-order valence-electron chi connectivity index (χ2n) is 2.39. The van der Waals surface area contributed by atoms with Gasteiger partial charge in [0, 0.05) is 11.8 Å². The molecule has 0 amide bonds. The van der Waals surface area contributed by atoms with Crippen LogP contribution in [0.1, 0.15) is 5.56 Å². The van der Waals surface area contributed by atoms with Crippen molar-refractivity contribution in [3.05, 3.63) is 54.2 Å². The van der Waals surface area contributed by atoms with Gasteiger partial charge in [0.1, 0.15) is 0 Å². The van der Waals surface area contributed by atoms with Crippen LogP contribution in [0.25, 0.3) is 5.70 Å². The Balaban J connectivity index is 2.31. The molecule has 0 fully saturated rings. The smallest absolute Gasteiger partial charge is 0.0702 e. The zero-order valence-electron chi connectivity index (χ0n) is 6.07. The van der Waals surface area contributed by atoms with Gasteiger partial charge < -0.3 is 0 Å². The maximum absolute atomic E-state index is 4.19. The molecule has 1 radical (unpaired) electrons. The highest BCUT2D eigenvalue weighted by molar-refractivity contribution is 5.68. The standard InChI is InChI=1S/C10H8N/c1-2-5-9(6-3-1)10-7-4-8-11-10/h1-8H. The molecule has 0 saturated carbocycles. The molecule has 2 rings (SSSR count). The summed E-state index contributed by atoms with van der Waals surface area (Å²) in [5.74, 6) is 0. The molecule has 1 nitrogen and oxygen atoms in total. The molecule has 1 heterocycles. The van der Waals surface area contributed by atoms with Gasteiger partial charge in [-0.1, -0.05) is 30.3 Å². The minimum atomic E-state index is 1.05. The van der Waals surface area contributed by atoms with E-state index >= 15 is 0 Å². The van der Waals surface area contributed by atoms with E-state index in [1.165, 1.54) is 5.56 Å². The van der Waals surface area contributed by atoms with E-state index in [4.69, 9.17) is 0 Å². The van der Waals surface area contributed by atoms with Gasteiger partial charge in [0.15, 0.2) is 0 Å². The third-order valence-corrected chi connectivity index (χ3v) is 1.62. The number of benzene rings is 1. The highest BCUT2D eigenvalue weighted by atomic mass is 14.9. The lowest BCUT2D eigenvalue weighted by atomic mass is 10.2. The van der Waals surface area contributed by atoms with Gasteiger partial charge >= 0.3 is 0 Å². The van der Waals surface area contributed by atoms with Crippen molar-refractivity contribution in [3.63, 3.8) is 0 Å². The minimum Gasteiger partial charge on any atom is -0.256 e. The molecular formula is C10H8N. The Bertz CT molecular complexity index is 296. The molecule has 0 saturated heterocycles. The van der Waals surface area contributed by atoms with Crippen LogP contribution in [-0.4, -0.2) is 0 Å². The van der Waals surface area contributed by atoms with Crippen LogP contribution in [0.3, 0.4) is 0 Å². The van der Waals surface area contributed by atoms with E-state index in [1.807, 2.05) is 36.6 Å². The summed E-state index contributed by atoms with van der Waals surface area (Å²) in [6.07, 6.45) is 5.76. The molecule has 0 atom stereocenters. The normalized spacial score (nSPS) is 14.4. The number of rotatable bonds is 1. The lowest BCUT2D eigenvalue weighted by molar-refractivity contribution is 1.22. The minimum absolute atomic E-state index is 1.05. The third kappa shape index (κ3) is 1.17. The Morgan fingerprint density at radius 2 is 1.82 bits per heavy atom. The summed E-state index contributed by atoms with van der Waals surface area (Å²) in [4.78, 5) is 0. The first-order chi connectivity index (χ1) is 5.47. The number of hydrogen-bond acceptors (Lipinski definition) is 0. The molecule has 0 N–H and O–H groups in total. The van der Waals surface area contributed by atoms with Crippen molar-refractivity contribution in [2.75, 3.05) is 0 Å². The fourth-order valence-electron chi connectivity index (χ4n) is 1.08.